The molecule has 5 heteroatoms. The third kappa shape index (κ3) is 2.65. The molecular weight excluding hydrogens is 302 g/mol. The van der Waals surface area contributed by atoms with E-state index in [1.807, 2.05) is 30.3 Å². The van der Waals surface area contributed by atoms with Gasteiger partial charge >= 0.3 is 6.09 Å². The van der Waals surface area contributed by atoms with E-state index in [0.29, 0.717) is 16.4 Å². The van der Waals surface area contributed by atoms with E-state index in [0.717, 1.165) is 11.3 Å². The van der Waals surface area contributed by atoms with Crippen LogP contribution in [0.4, 0.5) is 10.5 Å². The van der Waals surface area contributed by atoms with E-state index in [2.05, 4.69) is 0 Å². The average Bonchev–Trinajstić information content (AvgIpc) is 2.96. The third-order valence-corrected chi connectivity index (χ3v) is 3.83. The second-order valence-electron chi connectivity index (χ2n) is 4.71. The summed E-state index contributed by atoms with van der Waals surface area (Å²) in [7, 11) is 1.59. The van der Waals surface area contributed by atoms with Crippen molar-refractivity contribution in [3.8, 4) is 5.75 Å². The molecule has 0 aliphatic carbocycles. The van der Waals surface area contributed by atoms with Gasteiger partial charge in [-0.2, -0.15) is 0 Å². The number of methoxy groups -OCH3 is 1. The number of carbonyl (C=O) groups is 1. The Labute approximate surface area is 133 Å². The molecule has 4 nitrogen and oxygen atoms in total. The monoisotopic (exact) mass is 315 g/mol. The number of cyclic esters (lactones) is 1. The molecule has 1 saturated heterocycles. The van der Waals surface area contributed by atoms with Gasteiger partial charge in [-0.05, 0) is 29.8 Å². The van der Waals surface area contributed by atoms with Crippen LogP contribution in [0, 0.1) is 0 Å². The second-order valence-corrected chi connectivity index (χ2v) is 5.09. The predicted molar refractivity (Wildman–Crippen MR) is 86.0 cm³/mol. The summed E-state index contributed by atoms with van der Waals surface area (Å²) in [5.74, 6) is 0.719. The van der Waals surface area contributed by atoms with Gasteiger partial charge in [0, 0.05) is 0 Å². The van der Waals surface area contributed by atoms with E-state index in [-0.39, 0.29) is 6.61 Å². The first-order valence-electron chi connectivity index (χ1n) is 6.75. The lowest BCUT2D eigenvalue weighted by atomic mass is 10.1. The normalized spacial score (nSPS) is 16.5. The molecule has 22 heavy (non-hydrogen) atoms. The number of ether oxygens (including phenoxy) is 2. The van der Waals surface area contributed by atoms with Crippen LogP contribution in [0.3, 0.4) is 0 Å². The molecule has 1 aliphatic rings. The highest BCUT2D eigenvalue weighted by Gasteiger charge is 2.31. The van der Waals surface area contributed by atoms with Crippen molar-refractivity contribution in [2.75, 3.05) is 18.6 Å². The van der Waals surface area contributed by atoms with E-state index in [1.54, 1.807) is 31.4 Å². The van der Waals surface area contributed by atoms with Crippen LogP contribution in [0.25, 0.3) is 5.03 Å². The van der Waals surface area contributed by atoms with Crippen LogP contribution in [0.2, 0.25) is 0 Å². The number of hydrogen-bond donors (Lipinski definition) is 0. The van der Waals surface area contributed by atoms with Crippen LogP contribution in [0.1, 0.15) is 5.56 Å². The third-order valence-electron chi connectivity index (χ3n) is 3.40. The first-order chi connectivity index (χ1) is 10.7. The molecule has 112 valence electrons. The van der Waals surface area contributed by atoms with Gasteiger partial charge in [0.05, 0.1) is 23.5 Å². The van der Waals surface area contributed by atoms with Crippen LogP contribution >= 0.6 is 11.6 Å². The highest BCUT2D eigenvalue weighted by molar-refractivity contribution is 6.49. The fourth-order valence-corrected chi connectivity index (χ4v) is 2.54. The molecule has 1 aliphatic heterocycles. The summed E-state index contributed by atoms with van der Waals surface area (Å²) in [4.78, 5) is 13.5. The Morgan fingerprint density at radius 2 is 1.82 bits per heavy atom. The Balaban J connectivity index is 2.02. The van der Waals surface area contributed by atoms with Crippen molar-refractivity contribution in [1.29, 1.82) is 0 Å². The topological polar surface area (TPSA) is 38.8 Å². The first-order valence-corrected chi connectivity index (χ1v) is 7.13. The molecule has 1 heterocycles. The summed E-state index contributed by atoms with van der Waals surface area (Å²) in [5, 5.41) is 0.502. The molecular formula is C17H14ClNO3. The van der Waals surface area contributed by atoms with Gasteiger partial charge in [-0.15, -0.1) is 0 Å². The van der Waals surface area contributed by atoms with E-state index in [9.17, 15) is 4.79 Å². The number of anilines is 1. The van der Waals surface area contributed by atoms with Gasteiger partial charge in [0.2, 0.25) is 0 Å². The lowest BCUT2D eigenvalue weighted by Crippen LogP contribution is -2.22. The summed E-state index contributed by atoms with van der Waals surface area (Å²) in [6.07, 6.45) is -0.436. The maximum atomic E-state index is 12.1. The summed E-state index contributed by atoms with van der Waals surface area (Å²) >= 11 is 6.46. The van der Waals surface area contributed by atoms with Crippen molar-refractivity contribution in [3.63, 3.8) is 0 Å². The highest BCUT2D eigenvalue weighted by atomic mass is 35.5. The van der Waals surface area contributed by atoms with Crippen molar-refractivity contribution >= 4 is 28.4 Å². The molecule has 2 aromatic rings. The summed E-state index contributed by atoms with van der Waals surface area (Å²) < 4.78 is 10.3. The summed E-state index contributed by atoms with van der Waals surface area (Å²) in [6, 6.07) is 16.6. The molecule has 3 rings (SSSR count). The highest BCUT2D eigenvalue weighted by Crippen LogP contribution is 2.33. The van der Waals surface area contributed by atoms with E-state index in [1.165, 1.54) is 4.90 Å². The largest absolute Gasteiger partial charge is 0.497 e. The van der Waals surface area contributed by atoms with Gasteiger partial charge in [-0.3, -0.25) is 0 Å². The Morgan fingerprint density at radius 3 is 2.45 bits per heavy atom. The maximum Gasteiger partial charge on any atom is 0.419 e. The Hall–Kier alpha value is -2.46. The average molecular weight is 316 g/mol. The zero-order valence-electron chi connectivity index (χ0n) is 12.0. The molecule has 0 spiro atoms. The molecule has 0 bridgehead atoms. The molecule has 0 radical (unpaired) electrons. The Kier molecular flexibility index (Phi) is 4.02. The fourth-order valence-electron chi connectivity index (χ4n) is 2.27. The quantitative estimate of drug-likeness (QED) is 0.849. The minimum Gasteiger partial charge on any atom is -0.497 e. The summed E-state index contributed by atoms with van der Waals surface area (Å²) in [6.45, 7) is 0.151. The Bertz CT molecular complexity index is 710. The minimum atomic E-state index is -0.436. The van der Waals surface area contributed by atoms with Crippen molar-refractivity contribution < 1.29 is 14.3 Å². The molecule has 1 amide bonds. The smallest absolute Gasteiger partial charge is 0.419 e. The number of carbonyl (C=O) groups excluding carboxylic acids is 1. The number of amides is 1. The summed E-state index contributed by atoms with van der Waals surface area (Å²) in [5.41, 5.74) is 2.16. The number of hydrogen-bond acceptors (Lipinski definition) is 3. The SMILES string of the molecule is COc1ccc(N2C(=O)OC/C2=C(\Cl)c2ccccc2)cc1. The van der Waals surface area contributed by atoms with Crippen molar-refractivity contribution in [1.82, 2.24) is 0 Å². The fraction of sp³-hybridized carbons (Fsp3) is 0.118. The van der Waals surface area contributed by atoms with Gasteiger partial charge in [0.25, 0.3) is 0 Å². The van der Waals surface area contributed by atoms with Gasteiger partial charge in [0.1, 0.15) is 12.4 Å². The number of rotatable bonds is 3. The number of benzene rings is 2. The molecule has 0 atom stereocenters. The number of halogens is 1. The first kappa shape index (κ1) is 14.5. The van der Waals surface area contributed by atoms with Crippen LogP contribution in [0.5, 0.6) is 5.75 Å². The van der Waals surface area contributed by atoms with Gasteiger partial charge in [0.15, 0.2) is 0 Å². The molecule has 1 fully saturated rings. The maximum absolute atomic E-state index is 12.1. The Morgan fingerprint density at radius 1 is 1.14 bits per heavy atom. The molecule has 0 unspecified atom stereocenters. The van der Waals surface area contributed by atoms with Crippen LogP contribution < -0.4 is 9.64 Å². The second kappa shape index (κ2) is 6.12. The molecule has 0 saturated carbocycles. The zero-order valence-corrected chi connectivity index (χ0v) is 12.7. The van der Waals surface area contributed by atoms with Gasteiger partial charge < -0.3 is 9.47 Å². The molecule has 2 aromatic carbocycles. The van der Waals surface area contributed by atoms with Gasteiger partial charge in [-0.1, -0.05) is 41.9 Å². The minimum absolute atomic E-state index is 0.151. The molecule has 0 N–H and O–H groups in total. The van der Waals surface area contributed by atoms with Gasteiger partial charge in [-0.25, -0.2) is 9.69 Å². The van der Waals surface area contributed by atoms with Crippen molar-refractivity contribution in [3.05, 3.63) is 65.9 Å². The van der Waals surface area contributed by atoms with E-state index >= 15 is 0 Å². The van der Waals surface area contributed by atoms with E-state index in [4.69, 9.17) is 21.1 Å². The van der Waals surface area contributed by atoms with E-state index < -0.39 is 6.09 Å². The number of nitrogens with zero attached hydrogens (tertiary/aromatic N) is 1. The van der Waals surface area contributed by atoms with Crippen molar-refractivity contribution in [2.45, 2.75) is 0 Å². The van der Waals surface area contributed by atoms with Crippen LogP contribution in [-0.4, -0.2) is 19.8 Å². The lowest BCUT2D eigenvalue weighted by molar-refractivity contribution is 0.182. The van der Waals surface area contributed by atoms with Crippen LogP contribution in [-0.2, 0) is 4.74 Å². The lowest BCUT2D eigenvalue weighted by Gasteiger charge is -2.16. The van der Waals surface area contributed by atoms with Crippen molar-refractivity contribution in [2.24, 2.45) is 0 Å². The predicted octanol–water partition coefficient (Wildman–Crippen LogP) is 4.26. The standard InChI is InChI=1S/C17H14ClNO3/c1-21-14-9-7-13(8-10-14)19-15(11-22-17(19)20)16(18)12-5-3-2-4-6-12/h2-10H,11H2,1H3/b16-15+. The zero-order chi connectivity index (χ0) is 15.5. The molecule has 0 aromatic heterocycles. The van der Waals surface area contributed by atoms with Crippen LogP contribution in [0.15, 0.2) is 60.3 Å².